The monoisotopic (exact) mass is 294 g/mol. The van der Waals surface area contributed by atoms with E-state index in [2.05, 4.69) is 0 Å². The lowest BCUT2D eigenvalue weighted by Crippen LogP contribution is -2.34. The molecule has 114 valence electrons. The minimum atomic E-state index is -0.959. The Kier molecular flexibility index (Phi) is 3.59. The lowest BCUT2D eigenvalue weighted by atomic mass is 9.88. The zero-order chi connectivity index (χ0) is 15.1. The number of amides is 1. The summed E-state index contributed by atoms with van der Waals surface area (Å²) in [5, 5.41) is 0. The molecule has 2 N–H and O–H groups in total. The molecule has 2 saturated carbocycles. The Morgan fingerprint density at radius 3 is 2.71 bits per heavy atom. The van der Waals surface area contributed by atoms with Gasteiger partial charge in [0.2, 0.25) is 0 Å². The first kappa shape index (κ1) is 14.3. The second-order valence-corrected chi connectivity index (χ2v) is 6.45. The summed E-state index contributed by atoms with van der Waals surface area (Å²) in [5.41, 5.74) is 4.69. The van der Waals surface area contributed by atoms with Gasteiger partial charge in [0.1, 0.15) is 11.4 Å². The summed E-state index contributed by atoms with van der Waals surface area (Å²) < 4.78 is 27.7. The molecule has 0 aromatic heterocycles. The summed E-state index contributed by atoms with van der Waals surface area (Å²) in [6.45, 7) is 0.563. The number of hydrogen-bond donors (Lipinski definition) is 1. The summed E-state index contributed by atoms with van der Waals surface area (Å²) >= 11 is 0. The lowest BCUT2D eigenvalue weighted by molar-refractivity contribution is 0.0744. The van der Waals surface area contributed by atoms with Crippen molar-refractivity contribution < 1.29 is 13.6 Å². The van der Waals surface area contributed by atoms with Gasteiger partial charge in [-0.15, -0.1) is 0 Å². The molecule has 1 aromatic carbocycles. The summed E-state index contributed by atoms with van der Waals surface area (Å²) in [5.74, 6) is -0.527. The molecule has 3 unspecified atom stereocenters. The number of carbonyl (C=O) groups excluding carboxylic acids is 1. The van der Waals surface area contributed by atoms with Crippen molar-refractivity contribution in [2.24, 2.45) is 17.8 Å². The Balaban J connectivity index is 1.74. The topological polar surface area (TPSA) is 46.3 Å². The number of nitrogen functional groups attached to an aromatic ring is 1. The highest BCUT2D eigenvalue weighted by Crippen LogP contribution is 2.48. The molecule has 5 heteroatoms. The lowest BCUT2D eigenvalue weighted by Gasteiger charge is -2.27. The summed E-state index contributed by atoms with van der Waals surface area (Å²) in [6, 6.07) is 2.17. The highest BCUT2D eigenvalue weighted by Gasteiger charge is 2.40. The van der Waals surface area contributed by atoms with Crippen LogP contribution in [0.3, 0.4) is 0 Å². The molecule has 0 aliphatic heterocycles. The van der Waals surface area contributed by atoms with E-state index in [0.717, 1.165) is 24.5 Å². The first-order chi connectivity index (χ1) is 9.97. The van der Waals surface area contributed by atoms with Crippen LogP contribution in [0.4, 0.5) is 14.5 Å². The van der Waals surface area contributed by atoms with E-state index in [1.807, 2.05) is 0 Å². The smallest absolute Gasteiger partial charge is 0.259 e. The Hall–Kier alpha value is -1.65. The van der Waals surface area contributed by atoms with Crippen molar-refractivity contribution in [1.82, 2.24) is 4.90 Å². The van der Waals surface area contributed by atoms with Crippen LogP contribution in [0.25, 0.3) is 0 Å². The number of nitrogens with zero attached hydrogens (tertiary/aromatic N) is 1. The van der Waals surface area contributed by atoms with Crippen LogP contribution in [0.15, 0.2) is 12.1 Å². The predicted octanol–water partition coefficient (Wildman–Crippen LogP) is 3.06. The van der Waals surface area contributed by atoms with E-state index in [1.54, 1.807) is 7.05 Å². The fourth-order valence-electron chi connectivity index (χ4n) is 3.99. The maximum Gasteiger partial charge on any atom is 0.259 e. The van der Waals surface area contributed by atoms with Crippen molar-refractivity contribution in [2.45, 2.75) is 25.7 Å². The zero-order valence-electron chi connectivity index (χ0n) is 12.1. The number of halogens is 2. The molecule has 3 rings (SSSR count). The standard InChI is InChI=1S/C16H20F2N2O/c1-20(8-11-7-9-2-3-10(11)6-9)16(21)14-12(17)4-5-13(19)15(14)18/h4-5,9-11H,2-3,6-8,19H2,1H3. The van der Waals surface area contributed by atoms with E-state index in [4.69, 9.17) is 5.73 Å². The van der Waals surface area contributed by atoms with Gasteiger partial charge < -0.3 is 10.6 Å². The molecule has 2 aliphatic carbocycles. The van der Waals surface area contributed by atoms with Crippen LogP contribution in [-0.4, -0.2) is 24.4 Å². The molecule has 0 saturated heterocycles. The fraction of sp³-hybridized carbons (Fsp3) is 0.562. The Morgan fingerprint density at radius 2 is 2.10 bits per heavy atom. The van der Waals surface area contributed by atoms with E-state index >= 15 is 0 Å². The van der Waals surface area contributed by atoms with Crippen LogP contribution in [0.1, 0.15) is 36.0 Å². The van der Waals surface area contributed by atoms with Crippen molar-refractivity contribution >= 4 is 11.6 Å². The molecule has 2 bridgehead atoms. The van der Waals surface area contributed by atoms with Crippen molar-refractivity contribution in [1.29, 1.82) is 0 Å². The first-order valence-electron chi connectivity index (χ1n) is 7.46. The van der Waals surface area contributed by atoms with E-state index in [1.165, 1.54) is 24.2 Å². The number of fused-ring (bicyclic) bond motifs is 2. The molecule has 0 heterocycles. The van der Waals surface area contributed by atoms with Crippen LogP contribution >= 0.6 is 0 Å². The number of benzene rings is 1. The van der Waals surface area contributed by atoms with Gasteiger partial charge in [0, 0.05) is 13.6 Å². The van der Waals surface area contributed by atoms with Crippen LogP contribution < -0.4 is 5.73 Å². The van der Waals surface area contributed by atoms with Gasteiger partial charge in [0.15, 0.2) is 5.82 Å². The molecular formula is C16H20F2N2O. The molecule has 0 spiro atoms. The molecule has 1 amide bonds. The highest BCUT2D eigenvalue weighted by atomic mass is 19.1. The molecule has 3 atom stereocenters. The third-order valence-corrected chi connectivity index (χ3v) is 5.07. The molecule has 2 aliphatic rings. The van der Waals surface area contributed by atoms with Gasteiger partial charge in [-0.3, -0.25) is 4.79 Å². The summed E-state index contributed by atoms with van der Waals surface area (Å²) in [4.78, 5) is 13.8. The van der Waals surface area contributed by atoms with E-state index in [9.17, 15) is 13.6 Å². The van der Waals surface area contributed by atoms with Gasteiger partial charge >= 0.3 is 0 Å². The van der Waals surface area contributed by atoms with Gasteiger partial charge in [-0.05, 0) is 49.1 Å². The van der Waals surface area contributed by atoms with Gasteiger partial charge in [-0.2, -0.15) is 0 Å². The third kappa shape index (κ3) is 2.49. The number of anilines is 1. The van der Waals surface area contributed by atoms with Crippen molar-refractivity contribution in [3.05, 3.63) is 29.3 Å². The Bertz CT molecular complexity index is 576. The average molecular weight is 294 g/mol. The van der Waals surface area contributed by atoms with Crippen LogP contribution in [-0.2, 0) is 0 Å². The molecular weight excluding hydrogens is 274 g/mol. The molecule has 0 radical (unpaired) electrons. The van der Waals surface area contributed by atoms with Gasteiger partial charge in [0.25, 0.3) is 5.91 Å². The maximum absolute atomic E-state index is 13.9. The molecule has 21 heavy (non-hydrogen) atoms. The first-order valence-corrected chi connectivity index (χ1v) is 7.46. The van der Waals surface area contributed by atoms with E-state index in [0.29, 0.717) is 18.4 Å². The number of rotatable bonds is 3. The maximum atomic E-state index is 13.9. The second kappa shape index (κ2) is 5.28. The van der Waals surface area contributed by atoms with Gasteiger partial charge in [-0.1, -0.05) is 6.42 Å². The highest BCUT2D eigenvalue weighted by molar-refractivity contribution is 5.95. The minimum Gasteiger partial charge on any atom is -0.396 e. The van der Waals surface area contributed by atoms with Crippen molar-refractivity contribution in [3.63, 3.8) is 0 Å². The molecule has 2 fully saturated rings. The van der Waals surface area contributed by atoms with Gasteiger partial charge in [-0.25, -0.2) is 8.78 Å². The molecule has 1 aromatic rings. The molecule has 3 nitrogen and oxygen atoms in total. The number of nitrogens with two attached hydrogens (primary N) is 1. The largest absolute Gasteiger partial charge is 0.396 e. The minimum absolute atomic E-state index is 0.201. The number of carbonyl (C=O) groups is 1. The third-order valence-electron chi connectivity index (χ3n) is 5.07. The average Bonchev–Trinajstić information content (AvgIpc) is 3.05. The zero-order valence-corrected chi connectivity index (χ0v) is 12.1. The summed E-state index contributed by atoms with van der Waals surface area (Å²) in [6.07, 6.45) is 4.88. The Morgan fingerprint density at radius 1 is 1.33 bits per heavy atom. The van der Waals surface area contributed by atoms with Crippen LogP contribution in [0.2, 0.25) is 0 Å². The van der Waals surface area contributed by atoms with Gasteiger partial charge in [0.05, 0.1) is 5.69 Å². The second-order valence-electron chi connectivity index (χ2n) is 6.45. The Labute approximate surface area is 123 Å². The SMILES string of the molecule is CN(CC1CC2CCC1C2)C(=O)c1c(F)ccc(N)c1F. The number of hydrogen-bond acceptors (Lipinski definition) is 2. The quantitative estimate of drug-likeness (QED) is 0.871. The van der Waals surface area contributed by atoms with E-state index in [-0.39, 0.29) is 5.69 Å². The van der Waals surface area contributed by atoms with Crippen molar-refractivity contribution in [3.8, 4) is 0 Å². The fourth-order valence-corrected chi connectivity index (χ4v) is 3.99. The van der Waals surface area contributed by atoms with Crippen LogP contribution in [0.5, 0.6) is 0 Å². The summed E-state index contributed by atoms with van der Waals surface area (Å²) in [7, 11) is 1.61. The predicted molar refractivity (Wildman–Crippen MR) is 76.7 cm³/mol. The van der Waals surface area contributed by atoms with Crippen molar-refractivity contribution in [2.75, 3.05) is 19.3 Å². The normalized spacial score (nSPS) is 27.1. The van der Waals surface area contributed by atoms with E-state index < -0.39 is 23.1 Å². The van der Waals surface area contributed by atoms with Crippen LogP contribution in [0, 0.1) is 29.4 Å².